The third-order valence-electron chi connectivity index (χ3n) is 5.86. The summed E-state index contributed by atoms with van der Waals surface area (Å²) in [7, 11) is 3.48. The quantitative estimate of drug-likeness (QED) is 0.456. The topological polar surface area (TPSA) is 107 Å². The maximum atomic E-state index is 12.7. The van der Waals surface area contributed by atoms with Crippen molar-refractivity contribution < 1.29 is 9.53 Å². The first-order valence-corrected chi connectivity index (χ1v) is 10.9. The summed E-state index contributed by atoms with van der Waals surface area (Å²) in [5.74, 6) is 1.07. The Kier molecular flexibility index (Phi) is 7.64. The van der Waals surface area contributed by atoms with Gasteiger partial charge in [0.25, 0.3) is 5.91 Å². The van der Waals surface area contributed by atoms with Crippen molar-refractivity contribution in [3.63, 3.8) is 0 Å². The molecule has 3 rings (SSSR count). The van der Waals surface area contributed by atoms with Crippen LogP contribution in [0.25, 0.3) is 11.1 Å². The minimum Gasteiger partial charge on any atom is -0.384 e. The van der Waals surface area contributed by atoms with Crippen LogP contribution in [-0.4, -0.2) is 61.2 Å². The fourth-order valence-corrected chi connectivity index (χ4v) is 3.97. The Morgan fingerprint density at radius 1 is 1.09 bits per heavy atom. The molecule has 1 aliphatic heterocycles. The van der Waals surface area contributed by atoms with Crippen molar-refractivity contribution in [3.05, 3.63) is 59.2 Å². The van der Waals surface area contributed by atoms with Gasteiger partial charge >= 0.3 is 0 Å². The van der Waals surface area contributed by atoms with Crippen LogP contribution in [0.4, 0.5) is 0 Å². The van der Waals surface area contributed by atoms with Crippen molar-refractivity contribution >= 4 is 17.6 Å². The average molecular weight is 436 g/mol. The van der Waals surface area contributed by atoms with Crippen LogP contribution in [0.3, 0.4) is 0 Å². The molecule has 32 heavy (non-hydrogen) atoms. The molecule has 7 heteroatoms. The van der Waals surface area contributed by atoms with Gasteiger partial charge in [-0.2, -0.15) is 0 Å². The van der Waals surface area contributed by atoms with Crippen molar-refractivity contribution in [1.82, 2.24) is 9.80 Å². The van der Waals surface area contributed by atoms with Gasteiger partial charge in [0.15, 0.2) is 0 Å². The van der Waals surface area contributed by atoms with Gasteiger partial charge in [0, 0.05) is 44.9 Å². The molecule has 170 valence electrons. The van der Waals surface area contributed by atoms with Crippen LogP contribution in [-0.2, 0) is 11.3 Å². The zero-order chi connectivity index (χ0) is 23.3. The molecule has 4 N–H and O–H groups in total. The van der Waals surface area contributed by atoms with Crippen molar-refractivity contribution in [2.24, 2.45) is 11.7 Å². The van der Waals surface area contributed by atoms with Gasteiger partial charge in [-0.15, -0.1) is 0 Å². The van der Waals surface area contributed by atoms with Crippen molar-refractivity contribution in [1.29, 1.82) is 10.8 Å². The lowest BCUT2D eigenvalue weighted by molar-refractivity contribution is 0.0672. The monoisotopic (exact) mass is 435 g/mol. The predicted octanol–water partition coefficient (Wildman–Crippen LogP) is 3.57. The molecule has 0 radical (unpaired) electrons. The number of likely N-dealkylation sites (tertiary alicyclic amines) is 1. The van der Waals surface area contributed by atoms with E-state index in [1.165, 1.54) is 0 Å². The van der Waals surface area contributed by atoms with Crippen LogP contribution in [0, 0.1) is 16.7 Å². The summed E-state index contributed by atoms with van der Waals surface area (Å²) >= 11 is 0. The summed E-state index contributed by atoms with van der Waals surface area (Å²) < 4.78 is 6.05. The number of amidine groups is 2. The van der Waals surface area contributed by atoms with Crippen LogP contribution in [0.2, 0.25) is 0 Å². The fraction of sp³-hybridized carbons (Fsp3) is 0.400. The smallest absolute Gasteiger partial charge is 0.253 e. The molecule has 1 amide bonds. The van der Waals surface area contributed by atoms with Gasteiger partial charge in [-0.1, -0.05) is 18.2 Å². The Morgan fingerprint density at radius 3 is 2.41 bits per heavy atom. The first-order chi connectivity index (χ1) is 15.2. The molecule has 1 heterocycles. The van der Waals surface area contributed by atoms with E-state index in [0.29, 0.717) is 36.1 Å². The van der Waals surface area contributed by atoms with Gasteiger partial charge in [0.2, 0.25) is 0 Å². The molecule has 0 saturated carbocycles. The van der Waals surface area contributed by atoms with Crippen molar-refractivity contribution in [3.8, 4) is 11.1 Å². The molecular formula is C25H33N5O2. The summed E-state index contributed by atoms with van der Waals surface area (Å²) in [6, 6.07) is 13.3. The van der Waals surface area contributed by atoms with Gasteiger partial charge < -0.3 is 20.3 Å². The van der Waals surface area contributed by atoms with Crippen molar-refractivity contribution in [2.75, 3.05) is 33.8 Å². The number of nitrogen functional groups attached to an aromatic ring is 1. The minimum absolute atomic E-state index is 0.0141. The highest BCUT2D eigenvalue weighted by molar-refractivity contribution is 5.97. The molecule has 0 spiro atoms. The number of ether oxygens (including phenoxy) is 1. The zero-order valence-electron chi connectivity index (χ0n) is 19.1. The van der Waals surface area contributed by atoms with Gasteiger partial charge in [-0.3, -0.25) is 15.6 Å². The fourth-order valence-electron chi connectivity index (χ4n) is 3.97. The highest BCUT2D eigenvalue weighted by atomic mass is 16.5. The van der Waals surface area contributed by atoms with E-state index < -0.39 is 0 Å². The zero-order valence-corrected chi connectivity index (χ0v) is 19.1. The van der Waals surface area contributed by atoms with E-state index >= 15 is 0 Å². The van der Waals surface area contributed by atoms with E-state index in [2.05, 4.69) is 4.90 Å². The maximum Gasteiger partial charge on any atom is 0.253 e. The highest BCUT2D eigenvalue weighted by Gasteiger charge is 2.20. The first-order valence-electron chi connectivity index (χ1n) is 10.9. The number of nitrogens with two attached hydrogens (primary N) is 1. The summed E-state index contributed by atoms with van der Waals surface area (Å²) in [6.07, 6.45) is 2.05. The van der Waals surface area contributed by atoms with E-state index in [9.17, 15) is 4.79 Å². The second-order valence-electron chi connectivity index (χ2n) is 8.64. The lowest BCUT2D eigenvalue weighted by Crippen LogP contribution is -2.37. The van der Waals surface area contributed by atoms with Crippen molar-refractivity contribution in [2.45, 2.75) is 26.4 Å². The van der Waals surface area contributed by atoms with Gasteiger partial charge in [-0.25, -0.2) is 0 Å². The number of hydrogen-bond acceptors (Lipinski definition) is 4. The minimum atomic E-state index is -0.0646. The SMILES string of the molecule is CC(=N)N1CCC(COCc2cc(C(=O)N(C)C)cc(-c3cccc(C(=N)N)c3)c2)CC1. The van der Waals surface area contributed by atoms with Crippen LogP contribution in [0.15, 0.2) is 42.5 Å². The Hall–Kier alpha value is -3.19. The lowest BCUT2D eigenvalue weighted by atomic mass is 9.97. The average Bonchev–Trinajstić information content (AvgIpc) is 2.78. The van der Waals surface area contributed by atoms with Crippen LogP contribution < -0.4 is 5.73 Å². The van der Waals surface area contributed by atoms with E-state index in [1.807, 2.05) is 43.3 Å². The first kappa shape index (κ1) is 23.5. The van der Waals surface area contributed by atoms with Gasteiger partial charge in [-0.05, 0) is 66.6 Å². The molecule has 1 fully saturated rings. The number of carbonyl (C=O) groups is 1. The number of nitrogens with zero attached hydrogens (tertiary/aromatic N) is 2. The number of nitrogens with one attached hydrogen (secondary N) is 2. The molecule has 7 nitrogen and oxygen atoms in total. The molecule has 2 aromatic rings. The third-order valence-corrected chi connectivity index (χ3v) is 5.86. The number of rotatable bonds is 7. The number of amides is 1. The highest BCUT2D eigenvalue weighted by Crippen LogP contribution is 2.25. The third kappa shape index (κ3) is 5.95. The summed E-state index contributed by atoms with van der Waals surface area (Å²) in [5.41, 5.74) is 9.65. The lowest BCUT2D eigenvalue weighted by Gasteiger charge is -2.32. The molecule has 2 aromatic carbocycles. The van der Waals surface area contributed by atoms with Crippen LogP contribution >= 0.6 is 0 Å². The summed E-state index contributed by atoms with van der Waals surface area (Å²) in [4.78, 5) is 16.3. The number of hydrogen-bond donors (Lipinski definition) is 3. The molecule has 0 bridgehead atoms. The standard InChI is InChI=1S/C25H33N5O2/c1-17(26)30-9-7-18(8-10-30)15-32-16-19-11-22(14-23(12-19)25(31)29(2)3)20-5-4-6-21(13-20)24(27)28/h4-6,11-14,18,26H,7-10,15-16H2,1-3H3,(H3,27,28). The molecule has 0 atom stereocenters. The van der Waals surface area contributed by atoms with E-state index in [0.717, 1.165) is 42.6 Å². The van der Waals surface area contributed by atoms with Crippen LogP contribution in [0.5, 0.6) is 0 Å². The normalized spacial score (nSPS) is 14.3. The molecule has 0 unspecified atom stereocenters. The number of piperidine rings is 1. The largest absolute Gasteiger partial charge is 0.384 e. The Bertz CT molecular complexity index is 994. The second kappa shape index (κ2) is 10.4. The molecular weight excluding hydrogens is 402 g/mol. The number of carbonyl (C=O) groups excluding carboxylic acids is 1. The molecule has 1 saturated heterocycles. The van der Waals surface area contributed by atoms with E-state index in [-0.39, 0.29) is 11.7 Å². The summed E-state index contributed by atoms with van der Waals surface area (Å²) in [5, 5.41) is 15.5. The molecule has 0 aromatic heterocycles. The Labute approximate surface area is 190 Å². The predicted molar refractivity (Wildman–Crippen MR) is 128 cm³/mol. The summed E-state index contributed by atoms with van der Waals surface area (Å²) in [6.45, 7) is 4.76. The van der Waals surface area contributed by atoms with Gasteiger partial charge in [0.1, 0.15) is 5.84 Å². The van der Waals surface area contributed by atoms with E-state index in [4.69, 9.17) is 21.3 Å². The second-order valence-corrected chi connectivity index (χ2v) is 8.64. The van der Waals surface area contributed by atoms with Gasteiger partial charge in [0.05, 0.1) is 12.4 Å². The molecule has 0 aliphatic carbocycles. The Balaban J connectivity index is 1.75. The Morgan fingerprint density at radius 2 is 1.78 bits per heavy atom. The molecule has 1 aliphatic rings. The van der Waals surface area contributed by atoms with Crippen LogP contribution in [0.1, 0.15) is 41.3 Å². The van der Waals surface area contributed by atoms with E-state index in [1.54, 1.807) is 25.1 Å². The number of benzene rings is 2. The maximum absolute atomic E-state index is 12.7.